The maximum Gasteiger partial charge on any atom is 0.311 e. The van der Waals surface area contributed by atoms with Crippen LogP contribution in [-0.4, -0.2) is 34.1 Å². The van der Waals surface area contributed by atoms with E-state index in [0.717, 1.165) is 0 Å². The largest absolute Gasteiger partial charge is 0.369 e. The van der Waals surface area contributed by atoms with Crippen LogP contribution in [0.1, 0.15) is 39.8 Å². The van der Waals surface area contributed by atoms with Crippen molar-refractivity contribution in [1.29, 1.82) is 0 Å². The van der Waals surface area contributed by atoms with Gasteiger partial charge in [-0.25, -0.2) is 9.55 Å². The summed E-state index contributed by atoms with van der Waals surface area (Å²) in [7, 11) is 1.81. The van der Waals surface area contributed by atoms with E-state index < -0.39 is 0 Å². The molecule has 0 atom stereocenters. The Morgan fingerprint density at radius 2 is 1.66 bits per heavy atom. The van der Waals surface area contributed by atoms with Crippen LogP contribution in [0, 0.1) is 0 Å². The summed E-state index contributed by atoms with van der Waals surface area (Å²) < 4.78 is 5.47. The molecule has 0 saturated heterocycles. The lowest BCUT2D eigenvalue weighted by molar-refractivity contribution is -0.693. The Bertz CT molecular complexity index is 1290. The van der Waals surface area contributed by atoms with Crippen LogP contribution in [0.4, 0.5) is 11.9 Å². The van der Waals surface area contributed by atoms with Crippen LogP contribution < -0.4 is 27.2 Å². The molecule has 0 spiro atoms. The van der Waals surface area contributed by atoms with Gasteiger partial charge < -0.3 is 16.0 Å². The van der Waals surface area contributed by atoms with Crippen LogP contribution in [0.2, 0.25) is 0 Å². The first-order valence-corrected chi connectivity index (χ1v) is 9.08. The number of imidazole rings is 2. The van der Waals surface area contributed by atoms with E-state index in [4.69, 9.17) is 11.5 Å². The average Bonchev–Trinajstić information content (AvgIpc) is 3.17. The summed E-state index contributed by atoms with van der Waals surface area (Å²) in [6.07, 6.45) is 3.44. The maximum absolute atomic E-state index is 11.6. The van der Waals surface area contributed by atoms with E-state index in [1.54, 1.807) is 15.5 Å². The van der Waals surface area contributed by atoms with E-state index in [1.807, 2.05) is 45.6 Å². The van der Waals surface area contributed by atoms with Crippen LogP contribution in [0.25, 0.3) is 22.3 Å². The van der Waals surface area contributed by atoms with Gasteiger partial charge in [-0.1, -0.05) is 4.98 Å². The fourth-order valence-electron chi connectivity index (χ4n) is 2.97. The third-order valence-electron chi connectivity index (χ3n) is 4.35. The zero-order valence-electron chi connectivity index (χ0n) is 17.0. The lowest BCUT2D eigenvalue weighted by Crippen LogP contribution is -2.35. The van der Waals surface area contributed by atoms with Gasteiger partial charge in [0.05, 0.1) is 19.4 Å². The average molecular weight is 401 g/mol. The Balaban J connectivity index is 0.000000166. The predicted molar refractivity (Wildman–Crippen MR) is 109 cm³/mol. The molecular weight excluding hydrogens is 376 g/mol. The number of aromatic nitrogens is 8. The van der Waals surface area contributed by atoms with Crippen LogP contribution in [0.3, 0.4) is 0 Å². The highest BCUT2D eigenvalue weighted by Gasteiger charge is 2.20. The van der Waals surface area contributed by atoms with Gasteiger partial charge in [-0.2, -0.15) is 4.98 Å². The first kappa shape index (κ1) is 20.0. The van der Waals surface area contributed by atoms with Gasteiger partial charge in [0.25, 0.3) is 17.1 Å². The van der Waals surface area contributed by atoms with Crippen molar-refractivity contribution < 1.29 is 4.57 Å². The smallest absolute Gasteiger partial charge is 0.311 e. The number of aromatic amines is 2. The number of rotatable bonds is 2. The van der Waals surface area contributed by atoms with Crippen molar-refractivity contribution in [2.75, 3.05) is 11.5 Å². The van der Waals surface area contributed by atoms with Crippen LogP contribution in [0.15, 0.2) is 22.2 Å². The summed E-state index contributed by atoms with van der Waals surface area (Å²) in [5.74, 6) is 0.262. The molecule has 154 valence electrons. The van der Waals surface area contributed by atoms with E-state index in [2.05, 4.69) is 24.9 Å². The van der Waals surface area contributed by atoms with E-state index in [1.165, 1.54) is 0 Å². The second-order valence-corrected chi connectivity index (χ2v) is 7.22. The van der Waals surface area contributed by atoms with Gasteiger partial charge in [-0.15, -0.1) is 0 Å². The minimum atomic E-state index is -0.299. The summed E-state index contributed by atoms with van der Waals surface area (Å²) in [5.41, 5.74) is 12.5. The van der Waals surface area contributed by atoms with Crippen molar-refractivity contribution in [2.45, 2.75) is 39.8 Å². The second kappa shape index (κ2) is 7.37. The topological polar surface area (TPSA) is 170 Å². The lowest BCUT2D eigenvalue weighted by atomic mass is 10.4. The van der Waals surface area contributed by atoms with Gasteiger partial charge >= 0.3 is 5.65 Å². The normalized spacial score (nSPS) is 11.4. The standard InChI is InChI=1S/C9H13N5O.C8H11N5O/c1-5(2)14-4-13(3)6-7(14)11-9(10)12-8(6)15;1-4(2)13-3-10-5-6(13)11-8(9)12-7(5)14/h4-5H,1-3H3,(H2-,10,11,12,15);3-4H,1-2H3,(H3,9,11,12,14)/p+1. The van der Waals surface area contributed by atoms with Gasteiger partial charge in [0, 0.05) is 6.04 Å². The molecule has 4 aromatic rings. The van der Waals surface area contributed by atoms with Crippen molar-refractivity contribution in [2.24, 2.45) is 7.05 Å². The Hall–Kier alpha value is -3.70. The number of H-pyrrole nitrogens is 2. The van der Waals surface area contributed by atoms with E-state index in [9.17, 15) is 9.59 Å². The highest BCUT2D eigenvalue weighted by Crippen LogP contribution is 2.12. The summed E-state index contributed by atoms with van der Waals surface area (Å²) >= 11 is 0. The molecule has 0 amide bonds. The fourth-order valence-corrected chi connectivity index (χ4v) is 2.97. The molecule has 12 nitrogen and oxygen atoms in total. The molecular formula is C17H25N10O2+. The number of fused-ring (bicyclic) bond motifs is 2. The first-order valence-electron chi connectivity index (χ1n) is 9.08. The zero-order chi connectivity index (χ0) is 21.5. The Morgan fingerprint density at radius 3 is 2.28 bits per heavy atom. The van der Waals surface area contributed by atoms with Gasteiger partial charge in [0.15, 0.2) is 17.5 Å². The Kier molecular flexibility index (Phi) is 5.10. The zero-order valence-corrected chi connectivity index (χ0v) is 17.0. The molecule has 0 radical (unpaired) electrons. The minimum absolute atomic E-state index is 0.116. The molecule has 0 unspecified atom stereocenters. The molecule has 0 aliphatic heterocycles. The lowest BCUT2D eigenvalue weighted by Gasteiger charge is -2.06. The van der Waals surface area contributed by atoms with E-state index in [0.29, 0.717) is 22.3 Å². The van der Waals surface area contributed by atoms with E-state index in [-0.39, 0.29) is 35.1 Å². The van der Waals surface area contributed by atoms with Crippen molar-refractivity contribution in [3.8, 4) is 0 Å². The van der Waals surface area contributed by atoms with Gasteiger partial charge in [0.2, 0.25) is 11.5 Å². The van der Waals surface area contributed by atoms with Crippen molar-refractivity contribution in [1.82, 2.24) is 34.1 Å². The molecule has 0 saturated carbocycles. The summed E-state index contributed by atoms with van der Waals surface area (Å²) in [6, 6.07) is 0.441. The molecule has 0 aliphatic carbocycles. The summed E-state index contributed by atoms with van der Waals surface area (Å²) in [6.45, 7) is 8.03. The van der Waals surface area contributed by atoms with Gasteiger partial charge in [-0.3, -0.25) is 24.1 Å². The minimum Gasteiger partial charge on any atom is -0.369 e. The Labute approximate surface area is 165 Å². The third-order valence-corrected chi connectivity index (χ3v) is 4.35. The van der Waals surface area contributed by atoms with Gasteiger partial charge in [-0.05, 0) is 27.7 Å². The highest BCUT2D eigenvalue weighted by molar-refractivity contribution is 5.70. The van der Waals surface area contributed by atoms with Crippen molar-refractivity contribution in [3.05, 3.63) is 33.4 Å². The van der Waals surface area contributed by atoms with Crippen LogP contribution in [-0.2, 0) is 7.05 Å². The molecule has 6 N–H and O–H groups in total. The summed E-state index contributed by atoms with van der Waals surface area (Å²) in [5, 5.41) is 0. The Morgan fingerprint density at radius 1 is 1.03 bits per heavy atom. The quantitative estimate of drug-likeness (QED) is 0.342. The van der Waals surface area contributed by atoms with Crippen molar-refractivity contribution >= 4 is 34.2 Å². The molecule has 12 heteroatoms. The number of anilines is 2. The molecule has 0 aromatic carbocycles. The fraction of sp³-hybridized carbons (Fsp3) is 0.412. The molecule has 29 heavy (non-hydrogen) atoms. The number of nitrogens with two attached hydrogens (primary N) is 2. The van der Waals surface area contributed by atoms with Crippen LogP contribution >= 0.6 is 0 Å². The molecule has 4 heterocycles. The molecule has 0 bridgehead atoms. The molecule has 0 fully saturated rings. The molecule has 4 aromatic heterocycles. The number of aryl methyl sites for hydroxylation is 1. The SMILES string of the molecule is CC(C)[n+]1cn(C)c2c(=O)[nH]c(N)nc21.CC(C)n1cnc2c(=O)[nH]c(N)nc21. The molecule has 4 rings (SSSR count). The van der Waals surface area contributed by atoms with Crippen molar-refractivity contribution in [3.63, 3.8) is 0 Å². The maximum atomic E-state index is 11.6. The second-order valence-electron chi connectivity index (χ2n) is 7.22. The van der Waals surface area contributed by atoms with Crippen LogP contribution in [0.5, 0.6) is 0 Å². The first-order chi connectivity index (χ1) is 13.6. The highest BCUT2D eigenvalue weighted by atomic mass is 16.1. The third kappa shape index (κ3) is 3.68. The number of nitrogen functional groups attached to an aromatic ring is 2. The monoisotopic (exact) mass is 401 g/mol. The predicted octanol–water partition coefficient (Wildman–Crippen LogP) is -0.00510. The van der Waals surface area contributed by atoms with E-state index >= 15 is 0 Å². The number of nitrogens with zero attached hydrogens (tertiary/aromatic N) is 6. The molecule has 0 aliphatic rings. The summed E-state index contributed by atoms with van der Waals surface area (Å²) in [4.78, 5) is 40.1. The number of nitrogens with one attached hydrogen (secondary N) is 2. The van der Waals surface area contributed by atoms with Gasteiger partial charge in [0.1, 0.15) is 0 Å². The number of hydrogen-bond acceptors (Lipinski definition) is 7. The number of hydrogen-bond donors (Lipinski definition) is 4.